The zero-order valence-electron chi connectivity index (χ0n) is 15.1. The first-order valence-corrected chi connectivity index (χ1v) is 10.1. The van der Waals surface area contributed by atoms with Crippen molar-refractivity contribution < 1.29 is 9.59 Å². The van der Waals surface area contributed by atoms with Crippen molar-refractivity contribution in [2.75, 3.05) is 6.54 Å². The van der Waals surface area contributed by atoms with Crippen LogP contribution in [0.5, 0.6) is 0 Å². The first-order chi connectivity index (χ1) is 12.6. The summed E-state index contributed by atoms with van der Waals surface area (Å²) < 4.78 is 0. The predicted molar refractivity (Wildman–Crippen MR) is 103 cm³/mol. The third-order valence-electron chi connectivity index (χ3n) is 5.23. The molecular weight excluding hydrogens is 344 g/mol. The van der Waals surface area contributed by atoms with E-state index in [0.717, 1.165) is 18.4 Å². The van der Waals surface area contributed by atoms with Crippen molar-refractivity contribution >= 4 is 23.2 Å². The summed E-state index contributed by atoms with van der Waals surface area (Å²) in [6.07, 6.45) is 2.52. The van der Waals surface area contributed by atoms with Crippen molar-refractivity contribution in [3.8, 4) is 0 Å². The van der Waals surface area contributed by atoms with Crippen LogP contribution in [0.3, 0.4) is 0 Å². The van der Waals surface area contributed by atoms with E-state index in [2.05, 4.69) is 37.3 Å². The molecule has 2 amide bonds. The Balaban J connectivity index is 1.41. The topological polar surface area (TPSA) is 40.6 Å². The maximum atomic E-state index is 13.1. The molecule has 1 unspecified atom stereocenters. The number of rotatable bonds is 6. The van der Waals surface area contributed by atoms with Gasteiger partial charge in [0.15, 0.2) is 0 Å². The Morgan fingerprint density at radius 2 is 2.00 bits per heavy atom. The van der Waals surface area contributed by atoms with Crippen LogP contribution < -0.4 is 0 Å². The molecule has 0 spiro atoms. The zero-order valence-corrected chi connectivity index (χ0v) is 15.9. The van der Waals surface area contributed by atoms with Gasteiger partial charge in [-0.05, 0) is 36.8 Å². The van der Waals surface area contributed by atoms with Crippen LogP contribution in [-0.4, -0.2) is 34.2 Å². The van der Waals surface area contributed by atoms with Gasteiger partial charge in [0.2, 0.25) is 11.8 Å². The van der Waals surface area contributed by atoms with E-state index in [1.54, 1.807) is 11.3 Å². The molecule has 1 saturated heterocycles. The third-order valence-corrected chi connectivity index (χ3v) is 6.10. The van der Waals surface area contributed by atoms with E-state index in [1.807, 2.05) is 21.2 Å². The number of aryl methyl sites for hydroxylation is 1. The summed E-state index contributed by atoms with van der Waals surface area (Å²) in [5, 5.41) is 2.05. The lowest BCUT2D eigenvalue weighted by atomic mass is 10.1. The number of carbonyl (C=O) groups excluding carboxylic acids is 2. The van der Waals surface area contributed by atoms with E-state index >= 15 is 0 Å². The molecule has 2 fully saturated rings. The Kier molecular flexibility index (Phi) is 4.81. The van der Waals surface area contributed by atoms with Crippen LogP contribution in [0.4, 0.5) is 0 Å². The largest absolute Gasteiger partial charge is 0.338 e. The summed E-state index contributed by atoms with van der Waals surface area (Å²) in [6, 6.07) is 12.7. The minimum Gasteiger partial charge on any atom is -0.338 e. The minimum atomic E-state index is -0.200. The quantitative estimate of drug-likeness (QED) is 0.782. The van der Waals surface area contributed by atoms with Crippen molar-refractivity contribution in [3.63, 3.8) is 0 Å². The molecule has 1 aliphatic carbocycles. The maximum absolute atomic E-state index is 13.1. The van der Waals surface area contributed by atoms with Gasteiger partial charge in [-0.15, -0.1) is 11.3 Å². The van der Waals surface area contributed by atoms with Gasteiger partial charge in [0.1, 0.15) is 0 Å². The molecule has 2 heterocycles. The van der Waals surface area contributed by atoms with Crippen molar-refractivity contribution in [1.82, 2.24) is 9.80 Å². The van der Waals surface area contributed by atoms with Gasteiger partial charge >= 0.3 is 0 Å². The van der Waals surface area contributed by atoms with E-state index in [0.29, 0.717) is 32.1 Å². The Morgan fingerprint density at radius 1 is 1.23 bits per heavy atom. The fourth-order valence-corrected chi connectivity index (χ4v) is 4.29. The molecule has 4 nitrogen and oxygen atoms in total. The van der Waals surface area contributed by atoms with E-state index in [4.69, 9.17) is 0 Å². The average molecular weight is 369 g/mol. The SMILES string of the molecule is Cc1ccc(CN2CC(C(=O)N(Cc3cccs3)C3CC3)CC2=O)cc1. The lowest BCUT2D eigenvalue weighted by Crippen LogP contribution is -2.38. The molecule has 2 aromatic rings. The number of carbonyl (C=O) groups is 2. The molecule has 136 valence electrons. The van der Waals surface area contributed by atoms with Gasteiger partial charge in [-0.25, -0.2) is 0 Å². The van der Waals surface area contributed by atoms with Crippen molar-refractivity contribution in [1.29, 1.82) is 0 Å². The number of hydrogen-bond donors (Lipinski definition) is 0. The van der Waals surface area contributed by atoms with E-state index in [9.17, 15) is 9.59 Å². The number of benzene rings is 1. The highest BCUT2D eigenvalue weighted by Crippen LogP contribution is 2.32. The van der Waals surface area contributed by atoms with Crippen molar-refractivity contribution in [2.24, 2.45) is 5.92 Å². The van der Waals surface area contributed by atoms with Crippen LogP contribution in [0, 0.1) is 12.8 Å². The highest BCUT2D eigenvalue weighted by atomic mass is 32.1. The molecule has 1 aromatic heterocycles. The van der Waals surface area contributed by atoms with Crippen LogP contribution in [-0.2, 0) is 22.7 Å². The molecule has 1 atom stereocenters. The van der Waals surface area contributed by atoms with Crippen LogP contribution >= 0.6 is 11.3 Å². The number of thiophene rings is 1. The number of hydrogen-bond acceptors (Lipinski definition) is 3. The lowest BCUT2D eigenvalue weighted by molar-refractivity contribution is -0.137. The summed E-state index contributed by atoms with van der Waals surface area (Å²) in [5.41, 5.74) is 2.33. The molecule has 26 heavy (non-hydrogen) atoms. The Bertz CT molecular complexity index is 781. The molecule has 0 N–H and O–H groups in total. The summed E-state index contributed by atoms with van der Waals surface area (Å²) in [7, 11) is 0. The molecule has 0 bridgehead atoms. The second kappa shape index (κ2) is 7.23. The van der Waals surface area contributed by atoms with E-state index < -0.39 is 0 Å². The molecule has 1 saturated carbocycles. The normalized spacial score (nSPS) is 19.8. The van der Waals surface area contributed by atoms with Crippen LogP contribution in [0.2, 0.25) is 0 Å². The molecule has 0 radical (unpaired) electrons. The third kappa shape index (κ3) is 3.83. The second-order valence-electron chi connectivity index (χ2n) is 7.44. The van der Waals surface area contributed by atoms with Gasteiger partial charge in [0.05, 0.1) is 12.5 Å². The second-order valence-corrected chi connectivity index (χ2v) is 8.47. The van der Waals surface area contributed by atoms with Gasteiger partial charge in [-0.1, -0.05) is 35.9 Å². The van der Waals surface area contributed by atoms with Gasteiger partial charge in [-0.2, -0.15) is 0 Å². The van der Waals surface area contributed by atoms with Gasteiger partial charge in [-0.3, -0.25) is 9.59 Å². The monoisotopic (exact) mass is 368 g/mol. The maximum Gasteiger partial charge on any atom is 0.228 e. The summed E-state index contributed by atoms with van der Waals surface area (Å²) in [5.74, 6) is 0.0463. The Morgan fingerprint density at radius 3 is 2.65 bits per heavy atom. The predicted octanol–water partition coefficient (Wildman–Crippen LogP) is 3.60. The van der Waals surface area contributed by atoms with Gasteiger partial charge < -0.3 is 9.80 Å². The number of amides is 2. The van der Waals surface area contributed by atoms with Gasteiger partial charge in [0, 0.05) is 30.4 Å². The Labute approximate surface area is 158 Å². The van der Waals surface area contributed by atoms with E-state index in [-0.39, 0.29) is 17.7 Å². The summed E-state index contributed by atoms with van der Waals surface area (Å²) in [4.78, 5) is 30.6. The van der Waals surface area contributed by atoms with Crippen molar-refractivity contribution in [3.05, 3.63) is 57.8 Å². The molecule has 2 aliphatic rings. The Hall–Kier alpha value is -2.14. The molecule has 1 aromatic carbocycles. The number of nitrogens with zero attached hydrogens (tertiary/aromatic N) is 2. The van der Waals surface area contributed by atoms with Crippen molar-refractivity contribution in [2.45, 2.75) is 45.3 Å². The fraction of sp³-hybridized carbons (Fsp3) is 0.429. The first-order valence-electron chi connectivity index (χ1n) is 9.26. The minimum absolute atomic E-state index is 0.0933. The van der Waals surface area contributed by atoms with E-state index in [1.165, 1.54) is 10.4 Å². The number of likely N-dealkylation sites (tertiary alicyclic amines) is 1. The summed E-state index contributed by atoms with van der Waals surface area (Å²) in [6.45, 7) is 3.87. The standard InChI is InChI=1S/C21H24N2O2S/c1-15-4-6-16(7-5-15)12-22-13-17(11-20(22)24)21(25)23(18-8-9-18)14-19-3-2-10-26-19/h2-7,10,17-18H,8-9,11-14H2,1H3. The summed E-state index contributed by atoms with van der Waals surface area (Å²) >= 11 is 1.69. The molecule has 4 rings (SSSR count). The molecule has 1 aliphatic heterocycles. The fourth-order valence-electron chi connectivity index (χ4n) is 3.58. The smallest absolute Gasteiger partial charge is 0.228 e. The average Bonchev–Trinajstić information content (AvgIpc) is 3.22. The van der Waals surface area contributed by atoms with Gasteiger partial charge in [0.25, 0.3) is 0 Å². The lowest BCUT2D eigenvalue weighted by Gasteiger charge is -2.25. The molecular formula is C21H24N2O2S. The van der Waals surface area contributed by atoms with Crippen LogP contribution in [0.25, 0.3) is 0 Å². The molecule has 5 heteroatoms. The highest BCUT2D eigenvalue weighted by Gasteiger charge is 2.41. The first kappa shape index (κ1) is 17.3. The zero-order chi connectivity index (χ0) is 18.1. The van der Waals surface area contributed by atoms with Crippen LogP contribution in [0.1, 0.15) is 35.3 Å². The highest BCUT2D eigenvalue weighted by molar-refractivity contribution is 7.09. The van der Waals surface area contributed by atoms with Crippen LogP contribution in [0.15, 0.2) is 41.8 Å².